The van der Waals surface area contributed by atoms with Gasteiger partial charge < -0.3 is 10.4 Å². The molecule has 1 saturated heterocycles. The molecule has 2 N–H and O–H groups in total. The molecule has 1 amide bonds. The standard InChI is InChI=1S/C14H22N2O2S/c17-11-12-3-1-7-16(9-12)10-14(18)15-6-5-13-4-2-8-19-13/h2,4,8,12,17H,1,3,5-7,9-11H2,(H,15,18). The molecule has 2 heterocycles. The fourth-order valence-electron chi connectivity index (χ4n) is 2.48. The van der Waals surface area contributed by atoms with Gasteiger partial charge in [0, 0.05) is 24.6 Å². The Bertz CT molecular complexity index is 381. The predicted octanol–water partition coefficient (Wildman–Crippen LogP) is 1.11. The van der Waals surface area contributed by atoms with Gasteiger partial charge in [0.05, 0.1) is 6.54 Å². The molecule has 0 radical (unpaired) electrons. The van der Waals surface area contributed by atoms with Crippen LogP contribution in [0.1, 0.15) is 17.7 Å². The molecule has 1 aromatic heterocycles. The number of rotatable bonds is 6. The number of carbonyl (C=O) groups excluding carboxylic acids is 1. The topological polar surface area (TPSA) is 52.6 Å². The number of hydrogen-bond donors (Lipinski definition) is 2. The Balaban J connectivity index is 1.63. The van der Waals surface area contributed by atoms with Crippen LogP contribution in [0.15, 0.2) is 17.5 Å². The second kappa shape index (κ2) is 7.62. The van der Waals surface area contributed by atoms with E-state index in [1.807, 2.05) is 6.07 Å². The summed E-state index contributed by atoms with van der Waals surface area (Å²) in [5.74, 6) is 0.433. The van der Waals surface area contributed by atoms with Crippen LogP contribution in [0.2, 0.25) is 0 Å². The van der Waals surface area contributed by atoms with Crippen LogP contribution >= 0.6 is 11.3 Å². The van der Waals surface area contributed by atoms with Crippen molar-refractivity contribution < 1.29 is 9.90 Å². The van der Waals surface area contributed by atoms with Crippen LogP contribution < -0.4 is 5.32 Å². The van der Waals surface area contributed by atoms with E-state index in [-0.39, 0.29) is 12.5 Å². The van der Waals surface area contributed by atoms with Crippen LogP contribution in [-0.4, -0.2) is 48.7 Å². The van der Waals surface area contributed by atoms with Crippen molar-refractivity contribution in [1.82, 2.24) is 10.2 Å². The molecule has 0 saturated carbocycles. The summed E-state index contributed by atoms with van der Waals surface area (Å²) in [6, 6.07) is 4.12. The highest BCUT2D eigenvalue weighted by Crippen LogP contribution is 2.15. The zero-order chi connectivity index (χ0) is 13.5. The highest BCUT2D eigenvalue weighted by molar-refractivity contribution is 7.09. The molecule has 1 aliphatic rings. The van der Waals surface area contributed by atoms with E-state index in [4.69, 9.17) is 5.11 Å². The summed E-state index contributed by atoms with van der Waals surface area (Å²) in [4.78, 5) is 15.3. The van der Waals surface area contributed by atoms with Gasteiger partial charge in [-0.3, -0.25) is 9.69 Å². The van der Waals surface area contributed by atoms with Gasteiger partial charge in [-0.05, 0) is 43.2 Å². The van der Waals surface area contributed by atoms with Crippen LogP contribution in [0.4, 0.5) is 0 Å². The lowest BCUT2D eigenvalue weighted by Gasteiger charge is -2.31. The molecule has 0 bridgehead atoms. The maximum atomic E-state index is 11.8. The first-order valence-electron chi connectivity index (χ1n) is 6.90. The summed E-state index contributed by atoms with van der Waals surface area (Å²) in [6.07, 6.45) is 3.06. The van der Waals surface area contributed by atoms with Gasteiger partial charge in [0.1, 0.15) is 0 Å². The van der Waals surface area contributed by atoms with E-state index in [2.05, 4.69) is 21.7 Å². The van der Waals surface area contributed by atoms with E-state index in [9.17, 15) is 4.79 Å². The molecule has 0 spiro atoms. The summed E-state index contributed by atoms with van der Waals surface area (Å²) >= 11 is 1.72. The minimum atomic E-state index is 0.0927. The van der Waals surface area contributed by atoms with Gasteiger partial charge >= 0.3 is 0 Å². The molecular formula is C14H22N2O2S. The van der Waals surface area contributed by atoms with E-state index in [1.54, 1.807) is 11.3 Å². The number of carbonyl (C=O) groups is 1. The van der Waals surface area contributed by atoms with Gasteiger partial charge in [0.2, 0.25) is 5.91 Å². The third-order valence-electron chi connectivity index (χ3n) is 3.50. The van der Waals surface area contributed by atoms with Crippen LogP contribution in [-0.2, 0) is 11.2 Å². The monoisotopic (exact) mass is 282 g/mol. The Kier molecular flexibility index (Phi) is 5.82. The van der Waals surface area contributed by atoms with Crippen molar-refractivity contribution in [2.24, 2.45) is 5.92 Å². The number of nitrogens with zero attached hydrogens (tertiary/aromatic N) is 1. The Morgan fingerprint density at radius 3 is 3.21 bits per heavy atom. The average molecular weight is 282 g/mol. The van der Waals surface area contributed by atoms with Crippen molar-refractivity contribution in [1.29, 1.82) is 0 Å². The molecule has 1 aromatic rings. The van der Waals surface area contributed by atoms with Gasteiger partial charge in [0.15, 0.2) is 0 Å². The second-order valence-electron chi connectivity index (χ2n) is 5.11. The Hall–Kier alpha value is -0.910. The molecule has 106 valence electrons. The van der Waals surface area contributed by atoms with Gasteiger partial charge in [-0.15, -0.1) is 11.3 Å². The highest BCUT2D eigenvalue weighted by atomic mass is 32.1. The summed E-state index contributed by atoms with van der Waals surface area (Å²) in [6.45, 7) is 3.21. The normalized spacial score (nSPS) is 20.4. The molecule has 2 rings (SSSR count). The zero-order valence-electron chi connectivity index (χ0n) is 11.2. The number of amides is 1. The summed E-state index contributed by atoms with van der Waals surface area (Å²) in [5, 5.41) is 14.2. The first-order chi connectivity index (χ1) is 9.28. The summed E-state index contributed by atoms with van der Waals surface area (Å²) in [5.41, 5.74) is 0. The van der Waals surface area contributed by atoms with E-state index >= 15 is 0 Å². The fraction of sp³-hybridized carbons (Fsp3) is 0.643. The number of piperidine rings is 1. The number of aliphatic hydroxyl groups is 1. The van der Waals surface area contributed by atoms with E-state index in [0.717, 1.165) is 32.4 Å². The van der Waals surface area contributed by atoms with Crippen molar-refractivity contribution in [3.63, 3.8) is 0 Å². The van der Waals surface area contributed by atoms with Crippen molar-refractivity contribution in [2.75, 3.05) is 32.8 Å². The van der Waals surface area contributed by atoms with Crippen LogP contribution in [0.5, 0.6) is 0 Å². The smallest absolute Gasteiger partial charge is 0.234 e. The van der Waals surface area contributed by atoms with E-state index in [1.165, 1.54) is 4.88 Å². The highest BCUT2D eigenvalue weighted by Gasteiger charge is 2.20. The van der Waals surface area contributed by atoms with E-state index in [0.29, 0.717) is 19.0 Å². The Morgan fingerprint density at radius 2 is 2.47 bits per heavy atom. The molecule has 19 heavy (non-hydrogen) atoms. The van der Waals surface area contributed by atoms with E-state index < -0.39 is 0 Å². The minimum absolute atomic E-state index is 0.0927. The lowest BCUT2D eigenvalue weighted by Crippen LogP contribution is -2.43. The number of aliphatic hydroxyl groups excluding tert-OH is 1. The van der Waals surface area contributed by atoms with Gasteiger partial charge in [-0.25, -0.2) is 0 Å². The predicted molar refractivity (Wildman–Crippen MR) is 77.3 cm³/mol. The van der Waals surface area contributed by atoms with Gasteiger partial charge in [0.25, 0.3) is 0 Å². The minimum Gasteiger partial charge on any atom is -0.396 e. The average Bonchev–Trinajstić information content (AvgIpc) is 2.92. The first-order valence-corrected chi connectivity index (χ1v) is 7.78. The van der Waals surface area contributed by atoms with Crippen LogP contribution in [0.25, 0.3) is 0 Å². The second-order valence-corrected chi connectivity index (χ2v) is 6.14. The third kappa shape index (κ3) is 4.93. The SMILES string of the molecule is O=C(CN1CCCC(CO)C1)NCCc1cccs1. The number of thiophene rings is 1. The van der Waals surface area contributed by atoms with Crippen LogP contribution in [0, 0.1) is 5.92 Å². The van der Waals surface area contributed by atoms with Crippen molar-refractivity contribution in [2.45, 2.75) is 19.3 Å². The molecule has 0 aromatic carbocycles. The quantitative estimate of drug-likeness (QED) is 0.822. The number of likely N-dealkylation sites (tertiary alicyclic amines) is 1. The molecule has 0 aliphatic carbocycles. The Labute approximate surface area is 118 Å². The first kappa shape index (κ1) is 14.5. The fourth-order valence-corrected chi connectivity index (χ4v) is 3.19. The molecule has 5 heteroatoms. The van der Waals surface area contributed by atoms with Crippen molar-refractivity contribution in [3.8, 4) is 0 Å². The molecule has 1 atom stereocenters. The lowest BCUT2D eigenvalue weighted by atomic mass is 9.99. The maximum absolute atomic E-state index is 11.8. The Morgan fingerprint density at radius 1 is 1.58 bits per heavy atom. The molecule has 4 nitrogen and oxygen atoms in total. The molecular weight excluding hydrogens is 260 g/mol. The van der Waals surface area contributed by atoms with Gasteiger partial charge in [-0.1, -0.05) is 6.07 Å². The zero-order valence-corrected chi connectivity index (χ0v) is 12.0. The van der Waals surface area contributed by atoms with Gasteiger partial charge in [-0.2, -0.15) is 0 Å². The third-order valence-corrected chi connectivity index (χ3v) is 4.44. The molecule has 1 aliphatic heterocycles. The lowest BCUT2D eigenvalue weighted by molar-refractivity contribution is -0.122. The summed E-state index contributed by atoms with van der Waals surface area (Å²) in [7, 11) is 0. The van der Waals surface area contributed by atoms with Crippen molar-refractivity contribution >= 4 is 17.2 Å². The summed E-state index contributed by atoms with van der Waals surface area (Å²) < 4.78 is 0. The maximum Gasteiger partial charge on any atom is 0.234 e. The number of nitrogens with one attached hydrogen (secondary N) is 1. The number of hydrogen-bond acceptors (Lipinski definition) is 4. The van der Waals surface area contributed by atoms with Crippen molar-refractivity contribution in [3.05, 3.63) is 22.4 Å². The largest absolute Gasteiger partial charge is 0.396 e. The molecule has 1 fully saturated rings. The van der Waals surface area contributed by atoms with Crippen LogP contribution in [0.3, 0.4) is 0 Å². The molecule has 1 unspecified atom stereocenters.